The molecular formula is C15H10N2O2S. The lowest BCUT2D eigenvalue weighted by Crippen LogP contribution is -2.21. The molecule has 1 aliphatic rings. The largest absolute Gasteiger partial charge is 0.426 e. The van der Waals surface area contributed by atoms with Crippen LogP contribution >= 0.6 is 11.7 Å². The first kappa shape index (κ1) is 11.5. The first-order valence-electron chi connectivity index (χ1n) is 6.34. The summed E-state index contributed by atoms with van der Waals surface area (Å²) in [6, 6.07) is 13.7. The molecule has 0 spiro atoms. The zero-order valence-corrected chi connectivity index (χ0v) is 11.3. The molecule has 1 atom stereocenters. The fraction of sp³-hybridized carbons (Fsp3) is 0.133. The van der Waals surface area contributed by atoms with E-state index < -0.39 is 0 Å². The van der Waals surface area contributed by atoms with Crippen LogP contribution in [0.2, 0.25) is 0 Å². The van der Waals surface area contributed by atoms with Crippen LogP contribution in [0.25, 0.3) is 11.0 Å². The van der Waals surface area contributed by atoms with Gasteiger partial charge < -0.3 is 4.74 Å². The first-order valence-corrected chi connectivity index (χ1v) is 7.07. The Morgan fingerprint density at radius 2 is 1.95 bits per heavy atom. The fourth-order valence-electron chi connectivity index (χ4n) is 2.68. The van der Waals surface area contributed by atoms with Crippen LogP contribution in [-0.4, -0.2) is 14.7 Å². The molecule has 0 saturated heterocycles. The van der Waals surface area contributed by atoms with E-state index in [9.17, 15) is 4.79 Å². The minimum absolute atomic E-state index is 0.0138. The van der Waals surface area contributed by atoms with Crippen LogP contribution in [0.1, 0.15) is 23.5 Å². The van der Waals surface area contributed by atoms with E-state index in [4.69, 9.17) is 4.74 Å². The third-order valence-electron chi connectivity index (χ3n) is 3.57. The number of esters is 1. The zero-order chi connectivity index (χ0) is 13.5. The number of nitrogens with zero attached hydrogens (tertiary/aromatic N) is 2. The third kappa shape index (κ3) is 1.71. The van der Waals surface area contributed by atoms with Gasteiger partial charge in [0.2, 0.25) is 0 Å². The highest BCUT2D eigenvalue weighted by molar-refractivity contribution is 7.00. The summed E-state index contributed by atoms with van der Waals surface area (Å²) in [6.45, 7) is 0. The van der Waals surface area contributed by atoms with E-state index in [0.29, 0.717) is 12.2 Å². The number of carbonyl (C=O) groups excluding carboxylic acids is 1. The van der Waals surface area contributed by atoms with Gasteiger partial charge in [0.25, 0.3) is 0 Å². The number of hydrogen-bond donors (Lipinski definition) is 0. The number of ether oxygens (including phenoxy) is 1. The summed E-state index contributed by atoms with van der Waals surface area (Å²) >= 11 is 1.18. The van der Waals surface area contributed by atoms with Crippen molar-refractivity contribution in [1.82, 2.24) is 8.75 Å². The summed E-state index contributed by atoms with van der Waals surface area (Å²) in [4.78, 5) is 11.8. The number of fused-ring (bicyclic) bond motifs is 3. The standard InChI is InChI=1S/C15H10N2O2S/c18-13-8-10(9-4-2-1-3-5-9)14-12(19-13)7-6-11-15(14)17-20-16-11/h1-7,10H,8H2/t10-/m0/s1. The lowest BCUT2D eigenvalue weighted by atomic mass is 9.85. The number of rotatable bonds is 1. The van der Waals surface area contributed by atoms with Crippen LogP contribution in [0.3, 0.4) is 0 Å². The van der Waals surface area contributed by atoms with Gasteiger partial charge in [-0.05, 0) is 17.7 Å². The Hall–Kier alpha value is -2.27. The van der Waals surface area contributed by atoms with Crippen molar-refractivity contribution in [2.24, 2.45) is 0 Å². The number of benzene rings is 2. The highest BCUT2D eigenvalue weighted by Crippen LogP contribution is 2.42. The van der Waals surface area contributed by atoms with Gasteiger partial charge in [-0.15, -0.1) is 0 Å². The third-order valence-corrected chi connectivity index (χ3v) is 4.11. The average molecular weight is 282 g/mol. The first-order chi connectivity index (χ1) is 9.83. The fourth-order valence-corrected chi connectivity index (χ4v) is 3.23. The molecule has 98 valence electrons. The molecule has 0 N–H and O–H groups in total. The molecule has 4 nitrogen and oxygen atoms in total. The second kappa shape index (κ2) is 4.38. The zero-order valence-electron chi connectivity index (χ0n) is 10.4. The van der Waals surface area contributed by atoms with Gasteiger partial charge in [-0.2, -0.15) is 8.75 Å². The lowest BCUT2D eigenvalue weighted by molar-refractivity contribution is -0.135. The van der Waals surface area contributed by atoms with Crippen LogP contribution in [0.15, 0.2) is 42.5 Å². The van der Waals surface area contributed by atoms with Crippen molar-refractivity contribution in [2.45, 2.75) is 12.3 Å². The normalized spacial score (nSPS) is 17.8. The summed E-state index contributed by atoms with van der Waals surface area (Å²) in [7, 11) is 0. The van der Waals surface area contributed by atoms with Gasteiger partial charge in [0, 0.05) is 11.5 Å². The maximum atomic E-state index is 11.8. The van der Waals surface area contributed by atoms with E-state index in [1.54, 1.807) is 0 Å². The number of aromatic nitrogens is 2. The van der Waals surface area contributed by atoms with Gasteiger partial charge in [0.15, 0.2) is 0 Å². The smallest absolute Gasteiger partial charge is 0.312 e. The van der Waals surface area contributed by atoms with Gasteiger partial charge in [0.05, 0.1) is 18.1 Å². The Labute approximate surface area is 119 Å². The molecule has 3 aromatic rings. The maximum absolute atomic E-state index is 11.8. The minimum atomic E-state index is -0.200. The van der Waals surface area contributed by atoms with Crippen LogP contribution in [0.5, 0.6) is 5.75 Å². The highest BCUT2D eigenvalue weighted by atomic mass is 32.1. The second-order valence-corrected chi connectivity index (χ2v) is 5.28. The Morgan fingerprint density at radius 1 is 1.10 bits per heavy atom. The van der Waals surface area contributed by atoms with E-state index in [0.717, 1.165) is 22.2 Å². The summed E-state index contributed by atoms with van der Waals surface area (Å²) in [5, 5.41) is 0. The Kier molecular flexibility index (Phi) is 2.53. The predicted molar refractivity (Wildman–Crippen MR) is 76.0 cm³/mol. The van der Waals surface area contributed by atoms with Crippen LogP contribution in [0.4, 0.5) is 0 Å². The molecule has 0 saturated carbocycles. The molecule has 0 fully saturated rings. The van der Waals surface area contributed by atoms with Crippen LogP contribution < -0.4 is 4.74 Å². The monoisotopic (exact) mass is 282 g/mol. The number of carbonyl (C=O) groups is 1. The summed E-state index contributed by atoms with van der Waals surface area (Å²) < 4.78 is 14.0. The van der Waals surface area contributed by atoms with Gasteiger partial charge in [-0.1, -0.05) is 30.3 Å². The lowest BCUT2D eigenvalue weighted by Gasteiger charge is -2.24. The van der Waals surface area contributed by atoms with Crippen molar-refractivity contribution < 1.29 is 9.53 Å². The van der Waals surface area contributed by atoms with Crippen molar-refractivity contribution in [1.29, 1.82) is 0 Å². The predicted octanol–water partition coefficient (Wildman–Crippen LogP) is 3.13. The van der Waals surface area contributed by atoms with Gasteiger partial charge in [0.1, 0.15) is 16.8 Å². The van der Waals surface area contributed by atoms with Gasteiger partial charge in [-0.3, -0.25) is 4.79 Å². The second-order valence-electron chi connectivity index (χ2n) is 4.75. The topological polar surface area (TPSA) is 52.1 Å². The summed E-state index contributed by atoms with van der Waals surface area (Å²) in [5.74, 6) is 0.393. The molecule has 5 heteroatoms. The van der Waals surface area contributed by atoms with Gasteiger partial charge in [-0.25, -0.2) is 0 Å². The van der Waals surface area contributed by atoms with E-state index in [1.165, 1.54) is 11.7 Å². The molecule has 0 unspecified atom stereocenters. The molecule has 2 heterocycles. The molecular weight excluding hydrogens is 272 g/mol. The Morgan fingerprint density at radius 3 is 2.80 bits per heavy atom. The highest BCUT2D eigenvalue weighted by Gasteiger charge is 2.31. The Bertz CT molecular complexity index is 798. The van der Waals surface area contributed by atoms with Crippen molar-refractivity contribution in [3.05, 3.63) is 53.6 Å². The molecule has 20 heavy (non-hydrogen) atoms. The van der Waals surface area contributed by atoms with Crippen LogP contribution in [0, 0.1) is 0 Å². The molecule has 0 bridgehead atoms. The summed E-state index contributed by atoms with van der Waals surface area (Å²) in [6.07, 6.45) is 0.341. The average Bonchev–Trinajstić information content (AvgIpc) is 2.95. The molecule has 2 aromatic carbocycles. The van der Waals surface area contributed by atoms with E-state index >= 15 is 0 Å². The van der Waals surface area contributed by atoms with E-state index in [2.05, 4.69) is 8.75 Å². The van der Waals surface area contributed by atoms with Crippen molar-refractivity contribution in [2.75, 3.05) is 0 Å². The van der Waals surface area contributed by atoms with Crippen molar-refractivity contribution in [3.63, 3.8) is 0 Å². The molecule has 4 rings (SSSR count). The summed E-state index contributed by atoms with van der Waals surface area (Å²) in [5.41, 5.74) is 3.77. The van der Waals surface area contributed by atoms with Crippen molar-refractivity contribution in [3.8, 4) is 5.75 Å². The van der Waals surface area contributed by atoms with Crippen LogP contribution in [-0.2, 0) is 4.79 Å². The number of hydrogen-bond acceptors (Lipinski definition) is 5. The quantitative estimate of drug-likeness (QED) is 0.508. The van der Waals surface area contributed by atoms with Crippen molar-refractivity contribution >= 4 is 28.7 Å². The minimum Gasteiger partial charge on any atom is -0.426 e. The Balaban J connectivity index is 1.99. The maximum Gasteiger partial charge on any atom is 0.312 e. The van der Waals surface area contributed by atoms with E-state index in [1.807, 2.05) is 42.5 Å². The molecule has 1 aliphatic heterocycles. The van der Waals surface area contributed by atoms with E-state index in [-0.39, 0.29) is 11.9 Å². The molecule has 0 amide bonds. The molecule has 0 radical (unpaired) electrons. The molecule has 0 aliphatic carbocycles. The SMILES string of the molecule is O=C1C[C@@H](c2ccccc2)c2c(ccc3nsnc23)O1. The molecule has 1 aromatic heterocycles. The van der Waals surface area contributed by atoms with Gasteiger partial charge >= 0.3 is 5.97 Å².